The third-order valence-electron chi connectivity index (χ3n) is 3.78. The van der Waals surface area contributed by atoms with Crippen LogP contribution in [0.2, 0.25) is 0 Å². The van der Waals surface area contributed by atoms with Gasteiger partial charge in [0.15, 0.2) is 0 Å². The van der Waals surface area contributed by atoms with E-state index in [1.165, 1.54) is 4.88 Å². The fraction of sp³-hybridized carbons (Fsp3) is 0.571. The van der Waals surface area contributed by atoms with Crippen molar-refractivity contribution in [2.75, 3.05) is 6.54 Å². The molecule has 0 spiro atoms. The normalized spacial score (nSPS) is 17.1. The second-order valence-corrected chi connectivity index (χ2v) is 6.77. The van der Waals surface area contributed by atoms with Gasteiger partial charge in [-0.1, -0.05) is 0 Å². The molecular weight excluding hydrogens is 300 g/mol. The number of nitrogens with zero attached hydrogens (tertiary/aromatic N) is 4. The van der Waals surface area contributed by atoms with Crippen LogP contribution in [0.15, 0.2) is 6.33 Å². The van der Waals surface area contributed by atoms with E-state index in [1.54, 1.807) is 17.7 Å². The molecule has 22 heavy (non-hydrogen) atoms. The summed E-state index contributed by atoms with van der Waals surface area (Å²) >= 11 is 1.69. The van der Waals surface area contributed by atoms with Crippen molar-refractivity contribution in [1.82, 2.24) is 30.4 Å². The standard InChI is InChI=1S/C14H20N6OS/c1-9-12(22-10(2)18-9)5-6-15-14(21)19-11-3-4-13-16-8-17-20(13)7-11/h8,11H,3-7H2,1-2H3,(H2,15,19,21). The molecule has 0 saturated heterocycles. The smallest absolute Gasteiger partial charge is 0.315 e. The maximum absolute atomic E-state index is 12.0. The van der Waals surface area contributed by atoms with Crippen molar-refractivity contribution in [2.45, 2.75) is 45.7 Å². The minimum Gasteiger partial charge on any atom is -0.338 e. The fourth-order valence-corrected chi connectivity index (χ4v) is 3.62. The summed E-state index contributed by atoms with van der Waals surface area (Å²) in [5, 5.41) is 11.1. The highest BCUT2D eigenvalue weighted by atomic mass is 32.1. The number of amides is 2. The third kappa shape index (κ3) is 3.44. The van der Waals surface area contributed by atoms with Crippen molar-refractivity contribution in [3.63, 3.8) is 0 Å². The Morgan fingerprint density at radius 1 is 1.50 bits per heavy atom. The first-order valence-electron chi connectivity index (χ1n) is 7.46. The minimum absolute atomic E-state index is 0.113. The molecule has 0 aliphatic carbocycles. The predicted octanol–water partition coefficient (Wildman–Crippen LogP) is 1.21. The lowest BCUT2D eigenvalue weighted by molar-refractivity contribution is 0.232. The van der Waals surface area contributed by atoms with Crippen LogP contribution >= 0.6 is 11.3 Å². The molecule has 3 rings (SSSR count). The van der Waals surface area contributed by atoms with Crippen LogP contribution in [0.3, 0.4) is 0 Å². The summed E-state index contributed by atoms with van der Waals surface area (Å²) < 4.78 is 1.86. The topological polar surface area (TPSA) is 84.7 Å². The van der Waals surface area contributed by atoms with E-state index in [9.17, 15) is 4.79 Å². The molecule has 0 aromatic carbocycles. The Morgan fingerprint density at radius 2 is 2.36 bits per heavy atom. The highest BCUT2D eigenvalue weighted by Gasteiger charge is 2.21. The SMILES string of the molecule is Cc1nc(C)c(CCNC(=O)NC2CCc3ncnn3C2)s1. The van der Waals surface area contributed by atoms with Gasteiger partial charge >= 0.3 is 6.03 Å². The van der Waals surface area contributed by atoms with Crippen molar-refractivity contribution in [2.24, 2.45) is 0 Å². The van der Waals surface area contributed by atoms with Gasteiger partial charge in [-0.15, -0.1) is 11.3 Å². The van der Waals surface area contributed by atoms with E-state index < -0.39 is 0 Å². The molecule has 1 aliphatic rings. The van der Waals surface area contributed by atoms with Gasteiger partial charge in [0.1, 0.15) is 12.2 Å². The van der Waals surface area contributed by atoms with Crippen LogP contribution < -0.4 is 10.6 Å². The van der Waals surface area contributed by atoms with Crippen LogP contribution in [0.5, 0.6) is 0 Å². The third-order valence-corrected chi connectivity index (χ3v) is 4.91. The van der Waals surface area contributed by atoms with Crippen LogP contribution in [0.1, 0.15) is 27.8 Å². The summed E-state index contributed by atoms with van der Waals surface area (Å²) in [4.78, 5) is 21.8. The van der Waals surface area contributed by atoms with Gasteiger partial charge in [-0.2, -0.15) is 5.10 Å². The lowest BCUT2D eigenvalue weighted by Gasteiger charge is -2.23. The molecule has 2 amide bonds. The first-order chi connectivity index (χ1) is 10.6. The number of fused-ring (bicyclic) bond motifs is 1. The Hall–Kier alpha value is -1.96. The van der Waals surface area contributed by atoms with Crippen molar-refractivity contribution in [1.29, 1.82) is 0 Å². The number of hydrogen-bond acceptors (Lipinski definition) is 5. The molecule has 1 unspecified atom stereocenters. The first-order valence-corrected chi connectivity index (χ1v) is 8.27. The van der Waals surface area contributed by atoms with Crippen LogP contribution in [0, 0.1) is 13.8 Å². The zero-order chi connectivity index (χ0) is 15.5. The largest absolute Gasteiger partial charge is 0.338 e. The molecule has 2 aromatic heterocycles. The van der Waals surface area contributed by atoms with Crippen molar-refractivity contribution in [3.8, 4) is 0 Å². The van der Waals surface area contributed by atoms with E-state index in [1.807, 2.05) is 18.5 Å². The van der Waals surface area contributed by atoms with E-state index in [4.69, 9.17) is 0 Å². The van der Waals surface area contributed by atoms with Crippen LogP contribution in [-0.4, -0.2) is 38.4 Å². The second kappa shape index (κ2) is 6.43. The Morgan fingerprint density at radius 3 is 3.14 bits per heavy atom. The van der Waals surface area contributed by atoms with Gasteiger partial charge in [0.05, 0.1) is 23.3 Å². The Kier molecular flexibility index (Phi) is 4.37. The van der Waals surface area contributed by atoms with E-state index in [0.29, 0.717) is 13.1 Å². The summed E-state index contributed by atoms with van der Waals surface area (Å²) in [7, 11) is 0. The Balaban J connectivity index is 1.42. The average molecular weight is 320 g/mol. The Bertz CT molecular complexity index is 664. The van der Waals surface area contributed by atoms with Gasteiger partial charge < -0.3 is 10.6 Å². The number of thiazole rings is 1. The molecule has 0 radical (unpaired) electrons. The molecule has 0 bridgehead atoms. The van der Waals surface area contributed by atoms with Gasteiger partial charge in [-0.25, -0.2) is 19.4 Å². The summed E-state index contributed by atoms with van der Waals surface area (Å²) in [5.41, 5.74) is 1.07. The highest BCUT2D eigenvalue weighted by molar-refractivity contribution is 7.11. The molecule has 1 atom stereocenters. The van der Waals surface area contributed by atoms with Crippen molar-refractivity contribution >= 4 is 17.4 Å². The van der Waals surface area contributed by atoms with E-state index in [2.05, 4.69) is 25.7 Å². The number of rotatable bonds is 4. The zero-order valence-corrected chi connectivity index (χ0v) is 13.6. The minimum atomic E-state index is -0.118. The molecule has 0 fully saturated rings. The lowest BCUT2D eigenvalue weighted by Crippen LogP contribution is -2.46. The summed E-state index contributed by atoms with van der Waals surface area (Å²) in [5.74, 6) is 0.995. The maximum atomic E-state index is 12.0. The van der Waals surface area contributed by atoms with Crippen molar-refractivity contribution in [3.05, 3.63) is 27.7 Å². The predicted molar refractivity (Wildman–Crippen MR) is 84.0 cm³/mol. The van der Waals surface area contributed by atoms with E-state index in [-0.39, 0.29) is 12.1 Å². The van der Waals surface area contributed by atoms with Crippen LogP contribution in [0.4, 0.5) is 4.79 Å². The van der Waals surface area contributed by atoms with Gasteiger partial charge in [-0.3, -0.25) is 0 Å². The number of carbonyl (C=O) groups excluding carboxylic acids is 1. The van der Waals surface area contributed by atoms with Gasteiger partial charge in [0.25, 0.3) is 0 Å². The first kappa shape index (κ1) is 15.0. The molecular formula is C14H20N6OS. The number of aryl methyl sites for hydroxylation is 3. The molecule has 2 aromatic rings. The Labute approximate surface area is 133 Å². The molecule has 3 heterocycles. The van der Waals surface area contributed by atoms with Gasteiger partial charge in [0, 0.05) is 24.3 Å². The highest BCUT2D eigenvalue weighted by Crippen LogP contribution is 2.17. The van der Waals surface area contributed by atoms with Crippen LogP contribution in [0.25, 0.3) is 0 Å². The molecule has 2 N–H and O–H groups in total. The second-order valence-electron chi connectivity index (χ2n) is 5.49. The van der Waals surface area contributed by atoms with Crippen molar-refractivity contribution < 1.29 is 4.79 Å². The van der Waals surface area contributed by atoms with Gasteiger partial charge in [0.2, 0.25) is 0 Å². The molecule has 0 saturated carbocycles. The monoisotopic (exact) mass is 320 g/mol. The average Bonchev–Trinajstić information content (AvgIpc) is 3.05. The maximum Gasteiger partial charge on any atom is 0.315 e. The summed E-state index contributed by atoms with van der Waals surface area (Å²) in [6.45, 7) is 5.32. The summed E-state index contributed by atoms with van der Waals surface area (Å²) in [6.07, 6.45) is 4.14. The number of urea groups is 1. The summed E-state index contributed by atoms with van der Waals surface area (Å²) in [6, 6.07) is -0.00552. The molecule has 1 aliphatic heterocycles. The number of hydrogen-bond donors (Lipinski definition) is 2. The van der Waals surface area contributed by atoms with E-state index >= 15 is 0 Å². The molecule has 7 nitrogen and oxygen atoms in total. The quantitative estimate of drug-likeness (QED) is 0.887. The number of nitrogens with one attached hydrogen (secondary N) is 2. The fourth-order valence-electron chi connectivity index (χ4n) is 2.69. The van der Waals surface area contributed by atoms with Gasteiger partial charge in [-0.05, 0) is 20.3 Å². The number of aromatic nitrogens is 4. The molecule has 8 heteroatoms. The molecule has 118 valence electrons. The van der Waals surface area contributed by atoms with E-state index in [0.717, 1.165) is 35.8 Å². The zero-order valence-electron chi connectivity index (χ0n) is 12.8. The lowest BCUT2D eigenvalue weighted by atomic mass is 10.1. The number of carbonyl (C=O) groups is 1. The van der Waals surface area contributed by atoms with Crippen LogP contribution in [-0.2, 0) is 19.4 Å².